The monoisotopic (exact) mass is 486 g/mol. The second kappa shape index (κ2) is 9.83. The highest BCUT2D eigenvalue weighted by atomic mass is 31.2. The summed E-state index contributed by atoms with van der Waals surface area (Å²) >= 11 is 0. The fourth-order valence-electron chi connectivity index (χ4n) is 3.44. The molecule has 0 atom stereocenters. The Morgan fingerprint density at radius 1 is 0.879 bits per heavy atom. The van der Waals surface area contributed by atoms with Gasteiger partial charge in [-0.05, 0) is 68.2 Å². The van der Waals surface area contributed by atoms with E-state index in [1.54, 1.807) is 4.68 Å². The Bertz CT molecular complexity index is 855. The van der Waals surface area contributed by atoms with Crippen molar-refractivity contribution < 1.29 is 23.1 Å². The molecule has 1 aromatic rings. The van der Waals surface area contributed by atoms with Crippen LogP contribution in [0.4, 0.5) is 0 Å². The minimum absolute atomic E-state index is 0.0546. The highest BCUT2D eigenvalue weighted by molar-refractivity contribution is 7.53. The van der Waals surface area contributed by atoms with E-state index in [2.05, 4.69) is 20.8 Å². The number of hydrogen-bond donors (Lipinski definition) is 0. The molecule has 0 aromatic carbocycles. The Morgan fingerprint density at radius 2 is 1.33 bits per heavy atom. The van der Waals surface area contributed by atoms with Gasteiger partial charge in [0.1, 0.15) is 11.3 Å². The summed E-state index contributed by atoms with van der Waals surface area (Å²) in [4.78, 5) is 13.3. The van der Waals surface area contributed by atoms with Crippen molar-refractivity contribution >= 4 is 13.6 Å². The lowest BCUT2D eigenvalue weighted by Gasteiger charge is -2.32. The van der Waals surface area contributed by atoms with E-state index in [0.29, 0.717) is 5.69 Å². The standard InChI is InChI=1S/C25H47N2O5P/c1-17(2)18-19(21(28)30-23(6,7)8)27(26-20(18)22(3,4)5)15-16-33(29,31-24(9,10)11)32-25(12,13)14/h17H,15-16H2,1-14H3. The summed E-state index contributed by atoms with van der Waals surface area (Å²) in [5, 5.41) is 4.83. The molecule has 7 nitrogen and oxygen atoms in total. The Labute approximate surface area is 201 Å². The Morgan fingerprint density at radius 3 is 1.67 bits per heavy atom. The van der Waals surface area contributed by atoms with Gasteiger partial charge in [0.15, 0.2) is 0 Å². The maximum absolute atomic E-state index is 13.7. The molecule has 0 aliphatic rings. The molecule has 0 spiro atoms. The number of esters is 1. The summed E-state index contributed by atoms with van der Waals surface area (Å²) in [5.41, 5.74) is -0.140. The molecule has 0 amide bonds. The van der Waals surface area contributed by atoms with Crippen molar-refractivity contribution in [2.45, 2.75) is 132 Å². The van der Waals surface area contributed by atoms with Crippen molar-refractivity contribution in [2.24, 2.45) is 0 Å². The fraction of sp³-hybridized carbons (Fsp3) is 0.840. The lowest BCUT2D eigenvalue weighted by Crippen LogP contribution is -2.28. The second-order valence-corrected chi connectivity index (χ2v) is 15.0. The van der Waals surface area contributed by atoms with Gasteiger partial charge in [-0.2, -0.15) is 5.10 Å². The summed E-state index contributed by atoms with van der Waals surface area (Å²) < 4.78 is 33.0. The van der Waals surface area contributed by atoms with Crippen molar-refractivity contribution in [3.8, 4) is 0 Å². The number of ether oxygens (including phenoxy) is 1. The first-order chi connectivity index (χ1) is 14.4. The van der Waals surface area contributed by atoms with Crippen molar-refractivity contribution in [1.82, 2.24) is 9.78 Å². The van der Waals surface area contributed by atoms with Crippen molar-refractivity contribution in [3.63, 3.8) is 0 Å². The molecule has 0 N–H and O–H groups in total. The minimum Gasteiger partial charge on any atom is -0.455 e. The number of aryl methyl sites for hydroxylation is 1. The van der Waals surface area contributed by atoms with Crippen molar-refractivity contribution in [3.05, 3.63) is 17.0 Å². The van der Waals surface area contributed by atoms with E-state index in [9.17, 15) is 9.36 Å². The molecule has 8 heteroatoms. The first-order valence-electron chi connectivity index (χ1n) is 11.8. The summed E-state index contributed by atoms with van der Waals surface area (Å²) in [6, 6.07) is 0. The average molecular weight is 487 g/mol. The van der Waals surface area contributed by atoms with Gasteiger partial charge in [0, 0.05) is 11.0 Å². The van der Waals surface area contributed by atoms with E-state index >= 15 is 0 Å². The highest BCUT2D eigenvalue weighted by Crippen LogP contribution is 2.54. The number of nitrogens with zero attached hydrogens (tertiary/aromatic N) is 2. The third-order valence-electron chi connectivity index (χ3n) is 4.28. The third-order valence-corrected chi connectivity index (χ3v) is 6.68. The first kappa shape index (κ1) is 29.9. The van der Waals surface area contributed by atoms with Crippen LogP contribution >= 0.6 is 7.60 Å². The predicted octanol–water partition coefficient (Wildman–Crippen LogP) is 7.08. The number of carbonyl (C=O) groups excluding carboxylic acids is 1. The predicted molar refractivity (Wildman–Crippen MR) is 134 cm³/mol. The molecule has 0 radical (unpaired) electrons. The molecular formula is C25H47N2O5P. The molecule has 192 valence electrons. The Hall–Kier alpha value is -1.17. The van der Waals surface area contributed by atoms with Crippen LogP contribution in [0.5, 0.6) is 0 Å². The lowest BCUT2D eigenvalue weighted by molar-refractivity contribution is 0.00528. The van der Waals surface area contributed by atoms with Gasteiger partial charge in [-0.15, -0.1) is 0 Å². The van der Waals surface area contributed by atoms with Gasteiger partial charge in [0.05, 0.1) is 29.6 Å². The van der Waals surface area contributed by atoms with E-state index in [0.717, 1.165) is 11.3 Å². The topological polar surface area (TPSA) is 79.7 Å². The van der Waals surface area contributed by atoms with Crippen LogP contribution in [-0.2, 0) is 30.3 Å². The average Bonchev–Trinajstić information content (AvgIpc) is 2.87. The van der Waals surface area contributed by atoms with Crippen LogP contribution in [0.25, 0.3) is 0 Å². The van der Waals surface area contributed by atoms with Crippen molar-refractivity contribution in [1.29, 1.82) is 0 Å². The zero-order valence-electron chi connectivity index (χ0n) is 23.4. The molecule has 0 unspecified atom stereocenters. The van der Waals surface area contributed by atoms with Gasteiger partial charge >= 0.3 is 13.6 Å². The van der Waals surface area contributed by atoms with Gasteiger partial charge in [-0.1, -0.05) is 34.6 Å². The van der Waals surface area contributed by atoms with Crippen LogP contribution in [0, 0.1) is 0 Å². The van der Waals surface area contributed by atoms with Gasteiger partial charge in [-0.25, -0.2) is 4.79 Å². The van der Waals surface area contributed by atoms with Crippen molar-refractivity contribution in [2.75, 3.05) is 6.16 Å². The smallest absolute Gasteiger partial charge is 0.357 e. The molecule has 33 heavy (non-hydrogen) atoms. The quantitative estimate of drug-likeness (QED) is 0.302. The second-order valence-electron chi connectivity index (χ2n) is 13.0. The maximum atomic E-state index is 13.7. The van der Waals surface area contributed by atoms with Crippen LogP contribution < -0.4 is 0 Å². The van der Waals surface area contributed by atoms with Crippen LogP contribution in [0.2, 0.25) is 0 Å². The summed E-state index contributed by atoms with van der Waals surface area (Å²) in [7, 11) is -3.50. The van der Waals surface area contributed by atoms with Crippen LogP contribution in [0.15, 0.2) is 0 Å². The van der Waals surface area contributed by atoms with Gasteiger partial charge in [-0.3, -0.25) is 9.25 Å². The Balaban J connectivity index is 3.57. The molecule has 1 aromatic heterocycles. The molecule has 0 fully saturated rings. The Kier molecular flexibility index (Phi) is 8.89. The van der Waals surface area contributed by atoms with Gasteiger partial charge in [0.2, 0.25) is 0 Å². The van der Waals surface area contributed by atoms with E-state index in [1.165, 1.54) is 0 Å². The maximum Gasteiger partial charge on any atom is 0.357 e. The largest absolute Gasteiger partial charge is 0.455 e. The number of rotatable bonds is 7. The minimum atomic E-state index is -3.50. The molecule has 0 saturated carbocycles. The highest BCUT2D eigenvalue weighted by Gasteiger charge is 2.37. The molecule has 0 bridgehead atoms. The molecule has 0 saturated heterocycles. The zero-order chi connectivity index (χ0) is 26.2. The lowest BCUT2D eigenvalue weighted by atomic mass is 9.85. The van der Waals surface area contributed by atoms with Gasteiger partial charge in [0.25, 0.3) is 0 Å². The SMILES string of the molecule is CC(C)c1c(C(C)(C)C)nn(CCP(=O)(OC(C)(C)C)OC(C)(C)C)c1C(=O)OC(C)(C)C. The van der Waals surface area contributed by atoms with E-state index in [4.69, 9.17) is 18.9 Å². The van der Waals surface area contributed by atoms with Crippen LogP contribution in [-0.4, -0.2) is 38.7 Å². The fourth-order valence-corrected chi connectivity index (χ4v) is 5.77. The molecule has 1 rings (SSSR count). The molecule has 0 aliphatic heterocycles. The van der Waals surface area contributed by atoms with Crippen LogP contribution in [0.3, 0.4) is 0 Å². The first-order valence-corrected chi connectivity index (χ1v) is 13.5. The number of hydrogen-bond acceptors (Lipinski definition) is 6. The number of carbonyl (C=O) groups is 1. The normalized spacial score (nSPS) is 14.2. The third kappa shape index (κ3) is 9.54. The van der Waals surface area contributed by atoms with E-state index in [-0.39, 0.29) is 24.0 Å². The van der Waals surface area contributed by atoms with E-state index in [1.807, 2.05) is 76.2 Å². The number of aromatic nitrogens is 2. The molecule has 1 heterocycles. The molecular weight excluding hydrogens is 439 g/mol. The van der Waals surface area contributed by atoms with E-state index < -0.39 is 30.4 Å². The summed E-state index contributed by atoms with van der Waals surface area (Å²) in [6.45, 7) is 27.1. The van der Waals surface area contributed by atoms with Crippen LogP contribution in [0.1, 0.15) is 125 Å². The summed E-state index contributed by atoms with van der Waals surface area (Å²) in [6.07, 6.45) is 0.0835. The summed E-state index contributed by atoms with van der Waals surface area (Å²) in [5.74, 6) is -0.378. The molecule has 0 aliphatic carbocycles. The van der Waals surface area contributed by atoms with Gasteiger partial charge < -0.3 is 13.8 Å². The zero-order valence-corrected chi connectivity index (χ0v) is 24.3.